The van der Waals surface area contributed by atoms with Crippen LogP contribution in [0.1, 0.15) is 30.9 Å². The molecule has 0 unspecified atom stereocenters. The Hall–Kier alpha value is -1.97. The van der Waals surface area contributed by atoms with Crippen LogP contribution in [-0.4, -0.2) is 0 Å². The summed E-state index contributed by atoms with van der Waals surface area (Å²) in [7, 11) is 0. The average Bonchev–Trinajstić information content (AvgIpc) is 2.38. The van der Waals surface area contributed by atoms with Gasteiger partial charge in [-0.25, -0.2) is 0 Å². The zero-order chi connectivity index (χ0) is 14.8. The lowest BCUT2D eigenvalue weighted by Gasteiger charge is -2.14. The molecule has 0 amide bonds. The smallest absolute Gasteiger partial charge is 0.416 e. The van der Waals surface area contributed by atoms with Crippen molar-refractivity contribution < 1.29 is 17.9 Å². The van der Waals surface area contributed by atoms with E-state index < -0.39 is 11.7 Å². The van der Waals surface area contributed by atoms with Crippen molar-refractivity contribution in [3.8, 4) is 11.5 Å². The number of rotatable bonds is 3. The van der Waals surface area contributed by atoms with Crippen LogP contribution in [0, 0.1) is 0 Å². The molecule has 0 saturated heterocycles. The van der Waals surface area contributed by atoms with E-state index in [-0.39, 0.29) is 11.7 Å². The Morgan fingerprint density at radius 1 is 0.900 bits per heavy atom. The molecule has 0 aliphatic carbocycles. The van der Waals surface area contributed by atoms with Gasteiger partial charge in [-0.05, 0) is 41.8 Å². The van der Waals surface area contributed by atoms with Gasteiger partial charge in [0.15, 0.2) is 0 Å². The first kappa shape index (κ1) is 14.4. The Morgan fingerprint density at radius 2 is 1.55 bits per heavy atom. The summed E-state index contributed by atoms with van der Waals surface area (Å²) in [6, 6.07) is 12.6. The number of ether oxygens (including phenoxy) is 1. The largest absolute Gasteiger partial charge is 0.457 e. The van der Waals surface area contributed by atoms with E-state index >= 15 is 0 Å². The molecule has 4 heteroatoms. The Balaban J connectivity index is 2.40. The molecule has 0 aliphatic rings. The number of halogens is 3. The number of para-hydroxylation sites is 1. The molecule has 0 aliphatic heterocycles. The van der Waals surface area contributed by atoms with Gasteiger partial charge in [0, 0.05) is 0 Å². The maximum absolute atomic E-state index is 12.9. The first-order chi connectivity index (χ1) is 9.36. The van der Waals surface area contributed by atoms with Gasteiger partial charge >= 0.3 is 6.18 Å². The van der Waals surface area contributed by atoms with Crippen molar-refractivity contribution in [3.05, 3.63) is 59.7 Å². The van der Waals surface area contributed by atoms with Crippen molar-refractivity contribution in [1.82, 2.24) is 0 Å². The van der Waals surface area contributed by atoms with E-state index in [2.05, 4.69) is 0 Å². The molecule has 0 bridgehead atoms. The first-order valence-corrected chi connectivity index (χ1v) is 6.31. The topological polar surface area (TPSA) is 9.23 Å². The zero-order valence-electron chi connectivity index (χ0n) is 11.2. The van der Waals surface area contributed by atoms with E-state index in [1.165, 1.54) is 6.07 Å². The van der Waals surface area contributed by atoms with Crippen LogP contribution in [0.5, 0.6) is 11.5 Å². The molecule has 0 saturated carbocycles. The fourth-order valence-electron chi connectivity index (χ4n) is 1.80. The third-order valence-electron chi connectivity index (χ3n) is 2.90. The fraction of sp³-hybridized carbons (Fsp3) is 0.250. The van der Waals surface area contributed by atoms with Crippen LogP contribution >= 0.6 is 0 Å². The van der Waals surface area contributed by atoms with Crippen LogP contribution in [0.4, 0.5) is 13.2 Å². The maximum Gasteiger partial charge on any atom is 0.416 e. The van der Waals surface area contributed by atoms with E-state index in [0.29, 0.717) is 11.3 Å². The SMILES string of the molecule is CC(C)c1cc(Oc2ccccc2)cc(C(F)(F)F)c1. The van der Waals surface area contributed by atoms with Crippen LogP contribution in [-0.2, 0) is 6.18 Å². The number of hydrogen-bond donors (Lipinski definition) is 0. The Kier molecular flexibility index (Phi) is 4.02. The molecule has 0 heterocycles. The number of hydrogen-bond acceptors (Lipinski definition) is 1. The van der Waals surface area contributed by atoms with Gasteiger partial charge in [-0.1, -0.05) is 32.0 Å². The monoisotopic (exact) mass is 280 g/mol. The highest BCUT2D eigenvalue weighted by Crippen LogP contribution is 2.35. The minimum atomic E-state index is -4.38. The summed E-state index contributed by atoms with van der Waals surface area (Å²) in [4.78, 5) is 0. The Bertz CT molecular complexity index is 574. The predicted octanol–water partition coefficient (Wildman–Crippen LogP) is 5.62. The van der Waals surface area contributed by atoms with E-state index in [0.717, 1.165) is 6.07 Å². The molecule has 0 atom stereocenters. The molecule has 2 aromatic carbocycles. The van der Waals surface area contributed by atoms with Gasteiger partial charge in [-0.2, -0.15) is 13.2 Å². The van der Waals surface area contributed by atoms with Gasteiger partial charge in [0.25, 0.3) is 0 Å². The third-order valence-corrected chi connectivity index (χ3v) is 2.90. The highest BCUT2D eigenvalue weighted by atomic mass is 19.4. The molecule has 20 heavy (non-hydrogen) atoms. The van der Waals surface area contributed by atoms with E-state index in [1.807, 2.05) is 19.9 Å². The van der Waals surface area contributed by atoms with Crippen molar-refractivity contribution >= 4 is 0 Å². The second-order valence-electron chi connectivity index (χ2n) is 4.86. The van der Waals surface area contributed by atoms with Crippen LogP contribution in [0.3, 0.4) is 0 Å². The number of benzene rings is 2. The first-order valence-electron chi connectivity index (χ1n) is 6.31. The second kappa shape index (κ2) is 5.57. The molecule has 0 radical (unpaired) electrons. The van der Waals surface area contributed by atoms with E-state index in [9.17, 15) is 13.2 Å². The molecule has 2 aromatic rings. The van der Waals surface area contributed by atoms with Crippen molar-refractivity contribution in [2.24, 2.45) is 0 Å². The lowest BCUT2D eigenvalue weighted by molar-refractivity contribution is -0.137. The summed E-state index contributed by atoms with van der Waals surface area (Å²) >= 11 is 0. The van der Waals surface area contributed by atoms with Gasteiger partial charge in [0.2, 0.25) is 0 Å². The summed E-state index contributed by atoms with van der Waals surface area (Å²) < 4.78 is 44.2. The highest BCUT2D eigenvalue weighted by molar-refractivity contribution is 5.40. The maximum atomic E-state index is 12.9. The van der Waals surface area contributed by atoms with Crippen LogP contribution < -0.4 is 4.74 Å². The van der Waals surface area contributed by atoms with Crippen molar-refractivity contribution in [3.63, 3.8) is 0 Å². The van der Waals surface area contributed by atoms with Crippen molar-refractivity contribution in [2.75, 3.05) is 0 Å². The summed E-state index contributed by atoms with van der Waals surface area (Å²) in [5, 5.41) is 0. The highest BCUT2D eigenvalue weighted by Gasteiger charge is 2.31. The van der Waals surface area contributed by atoms with Crippen molar-refractivity contribution in [1.29, 1.82) is 0 Å². The third kappa shape index (κ3) is 3.53. The standard InChI is InChI=1S/C16H15F3O/c1-11(2)12-8-13(16(17,18)19)10-15(9-12)20-14-6-4-3-5-7-14/h3-11H,1-2H3. The van der Waals surface area contributed by atoms with Crippen LogP contribution in [0.15, 0.2) is 48.5 Å². The number of alkyl halides is 3. The predicted molar refractivity (Wildman–Crippen MR) is 72.0 cm³/mol. The summed E-state index contributed by atoms with van der Waals surface area (Å²) in [5.74, 6) is 0.715. The normalized spacial score (nSPS) is 11.7. The molecule has 106 valence electrons. The molecule has 0 spiro atoms. The Labute approximate surface area is 116 Å². The van der Waals surface area contributed by atoms with Crippen LogP contribution in [0.25, 0.3) is 0 Å². The quantitative estimate of drug-likeness (QED) is 0.709. The second-order valence-corrected chi connectivity index (χ2v) is 4.86. The molecule has 2 rings (SSSR count). The summed E-state index contributed by atoms with van der Waals surface area (Å²) in [6.07, 6.45) is -4.38. The minimum Gasteiger partial charge on any atom is -0.457 e. The Morgan fingerprint density at radius 3 is 2.10 bits per heavy atom. The molecule has 0 fully saturated rings. The fourth-order valence-corrected chi connectivity index (χ4v) is 1.80. The lowest BCUT2D eigenvalue weighted by atomic mass is 10.00. The van der Waals surface area contributed by atoms with Gasteiger partial charge < -0.3 is 4.74 Å². The van der Waals surface area contributed by atoms with E-state index in [1.54, 1.807) is 30.3 Å². The molecule has 0 N–H and O–H groups in total. The lowest BCUT2D eigenvalue weighted by Crippen LogP contribution is -2.06. The average molecular weight is 280 g/mol. The molecular weight excluding hydrogens is 265 g/mol. The van der Waals surface area contributed by atoms with Crippen molar-refractivity contribution in [2.45, 2.75) is 25.9 Å². The van der Waals surface area contributed by atoms with Crippen LogP contribution in [0.2, 0.25) is 0 Å². The summed E-state index contributed by atoms with van der Waals surface area (Å²) in [5.41, 5.74) is -0.0830. The van der Waals surface area contributed by atoms with Gasteiger partial charge in [-0.3, -0.25) is 0 Å². The molecule has 0 aromatic heterocycles. The molecule has 1 nitrogen and oxygen atoms in total. The molecular formula is C16H15F3O. The minimum absolute atomic E-state index is 0.00424. The zero-order valence-corrected chi connectivity index (χ0v) is 11.2. The summed E-state index contributed by atoms with van der Waals surface area (Å²) in [6.45, 7) is 3.70. The van der Waals surface area contributed by atoms with E-state index in [4.69, 9.17) is 4.74 Å². The van der Waals surface area contributed by atoms with Gasteiger partial charge in [-0.15, -0.1) is 0 Å². The van der Waals surface area contributed by atoms with Gasteiger partial charge in [0.05, 0.1) is 5.56 Å². The van der Waals surface area contributed by atoms with Gasteiger partial charge in [0.1, 0.15) is 11.5 Å².